The van der Waals surface area contributed by atoms with E-state index in [1.165, 1.54) is 47.6 Å². The molecular weight excluding hydrogens is 605 g/mol. The average molecular weight is 633 g/mol. The Balaban J connectivity index is 1.43. The molecule has 0 spiro atoms. The number of hydrogen-bond donors (Lipinski definition) is 0. The lowest BCUT2D eigenvalue weighted by atomic mass is 9.86. The minimum atomic E-state index is 0.536. The standard InChI is InChI=1S/C43H28N4S/c1-3-14-27(4-2)41-44-42(29-17-9-6-10-18-29)46-43(45-41)47-35-21-13-20-31-30(28-15-7-5-8-16-28)23-24-32(38(31)35)33-25-26-37-39(40(33)47)34-19-11-12-22-36(34)48-37/h3-26H,1-2H2/b27-14+. The Hall–Kier alpha value is -6.17. The van der Waals surface area contributed by atoms with Crippen molar-refractivity contribution in [3.63, 3.8) is 0 Å². The van der Waals surface area contributed by atoms with Gasteiger partial charge in [0.25, 0.3) is 0 Å². The van der Waals surface area contributed by atoms with Crippen molar-refractivity contribution in [3.05, 3.63) is 165 Å². The fourth-order valence-electron chi connectivity index (χ4n) is 6.92. The number of rotatable bonds is 6. The quantitative estimate of drug-likeness (QED) is 0.171. The summed E-state index contributed by atoms with van der Waals surface area (Å²) in [5, 5.41) is 4.75. The second kappa shape index (κ2) is 11.3. The van der Waals surface area contributed by atoms with E-state index in [0.717, 1.165) is 28.1 Å². The molecule has 6 aromatic carbocycles. The molecular formula is C43H28N4S. The predicted molar refractivity (Wildman–Crippen MR) is 203 cm³/mol. The topological polar surface area (TPSA) is 41.9 Å². The van der Waals surface area contributed by atoms with E-state index in [1.54, 1.807) is 12.2 Å². The van der Waals surface area contributed by atoms with Crippen LogP contribution in [0.3, 0.4) is 0 Å². The second-order valence-electron chi connectivity index (χ2n) is 11.7. The Bertz CT molecular complexity index is 2600. The summed E-state index contributed by atoms with van der Waals surface area (Å²) in [6.45, 7) is 8.01. The maximum absolute atomic E-state index is 5.23. The van der Waals surface area contributed by atoms with Crippen LogP contribution in [0.15, 0.2) is 159 Å². The van der Waals surface area contributed by atoms with Gasteiger partial charge in [-0.25, -0.2) is 4.98 Å². The third-order valence-electron chi connectivity index (χ3n) is 9.01. The Labute approximate surface area is 282 Å². The number of nitrogens with zero attached hydrogens (tertiary/aromatic N) is 4. The highest BCUT2D eigenvalue weighted by atomic mass is 32.1. The molecule has 1 aliphatic rings. The van der Waals surface area contributed by atoms with Gasteiger partial charge in [-0.05, 0) is 40.3 Å². The van der Waals surface area contributed by atoms with Crippen molar-refractivity contribution in [2.24, 2.45) is 0 Å². The summed E-state index contributed by atoms with van der Waals surface area (Å²) in [5.74, 6) is 1.67. The molecule has 226 valence electrons. The van der Waals surface area contributed by atoms with E-state index in [9.17, 15) is 0 Å². The van der Waals surface area contributed by atoms with Crippen LogP contribution in [0.4, 0.5) is 17.3 Å². The van der Waals surface area contributed by atoms with Crippen LogP contribution >= 0.6 is 11.3 Å². The number of benzene rings is 6. The molecule has 0 atom stereocenters. The van der Waals surface area contributed by atoms with Crippen LogP contribution in [0.1, 0.15) is 5.82 Å². The molecule has 0 aliphatic carbocycles. The monoisotopic (exact) mass is 632 g/mol. The van der Waals surface area contributed by atoms with Crippen molar-refractivity contribution in [3.8, 4) is 33.6 Å². The number of aromatic nitrogens is 3. The fourth-order valence-corrected chi connectivity index (χ4v) is 8.02. The number of thiophene rings is 1. The molecule has 4 nitrogen and oxygen atoms in total. The molecule has 0 bridgehead atoms. The minimum absolute atomic E-state index is 0.536. The summed E-state index contributed by atoms with van der Waals surface area (Å²) in [4.78, 5) is 17.7. The van der Waals surface area contributed by atoms with E-state index in [0.29, 0.717) is 17.6 Å². The van der Waals surface area contributed by atoms with Crippen molar-refractivity contribution in [2.75, 3.05) is 4.90 Å². The van der Waals surface area contributed by atoms with Crippen LogP contribution in [-0.4, -0.2) is 15.0 Å². The Morgan fingerprint density at radius 3 is 2.08 bits per heavy atom. The van der Waals surface area contributed by atoms with Gasteiger partial charge in [-0.1, -0.05) is 141 Å². The van der Waals surface area contributed by atoms with Crippen LogP contribution in [0, 0.1) is 0 Å². The van der Waals surface area contributed by atoms with Crippen molar-refractivity contribution >= 4 is 65.2 Å². The van der Waals surface area contributed by atoms with E-state index in [2.05, 4.69) is 115 Å². The molecule has 48 heavy (non-hydrogen) atoms. The van der Waals surface area contributed by atoms with Gasteiger partial charge in [0.2, 0.25) is 5.95 Å². The lowest BCUT2D eigenvalue weighted by molar-refractivity contribution is 0.998. The number of hydrogen-bond acceptors (Lipinski definition) is 5. The molecule has 0 saturated carbocycles. The molecule has 2 aromatic heterocycles. The summed E-state index contributed by atoms with van der Waals surface area (Å²) in [5.41, 5.74) is 8.48. The summed E-state index contributed by atoms with van der Waals surface area (Å²) >= 11 is 1.81. The van der Waals surface area contributed by atoms with Crippen LogP contribution in [0.5, 0.6) is 0 Å². The Morgan fingerprint density at radius 2 is 1.29 bits per heavy atom. The van der Waals surface area contributed by atoms with Gasteiger partial charge in [-0.3, -0.25) is 4.90 Å². The van der Waals surface area contributed by atoms with Gasteiger partial charge in [0.15, 0.2) is 11.6 Å². The third-order valence-corrected chi connectivity index (χ3v) is 10.1. The molecule has 8 aromatic rings. The zero-order valence-electron chi connectivity index (χ0n) is 26.0. The Morgan fingerprint density at radius 1 is 0.583 bits per heavy atom. The summed E-state index contributed by atoms with van der Waals surface area (Å²) in [7, 11) is 0. The fraction of sp³-hybridized carbons (Fsp3) is 0. The highest BCUT2D eigenvalue weighted by molar-refractivity contribution is 7.26. The molecule has 9 rings (SSSR count). The largest absolute Gasteiger partial charge is 0.277 e. The first-order chi connectivity index (χ1) is 23.7. The molecule has 0 unspecified atom stereocenters. The first-order valence-electron chi connectivity index (χ1n) is 15.9. The van der Waals surface area contributed by atoms with Gasteiger partial charge in [0.1, 0.15) is 0 Å². The second-order valence-corrected chi connectivity index (χ2v) is 12.8. The molecule has 5 heteroatoms. The van der Waals surface area contributed by atoms with E-state index < -0.39 is 0 Å². The van der Waals surface area contributed by atoms with Crippen LogP contribution < -0.4 is 4.90 Å². The molecule has 0 radical (unpaired) electrons. The van der Waals surface area contributed by atoms with E-state index >= 15 is 0 Å². The normalized spacial score (nSPS) is 12.4. The Kier molecular flexibility index (Phi) is 6.59. The maximum Gasteiger partial charge on any atom is 0.238 e. The molecule has 0 N–H and O–H groups in total. The molecule has 0 amide bonds. The SMILES string of the molecule is C=C/C=C(\C=C)c1nc(-c2ccccc2)nc(N2c3cccc4c(-c5ccccc5)ccc(c34)-c3ccc4sc5ccccc5c4c32)n1. The summed E-state index contributed by atoms with van der Waals surface area (Å²) < 4.78 is 2.46. The zero-order valence-corrected chi connectivity index (χ0v) is 26.8. The van der Waals surface area contributed by atoms with Crippen molar-refractivity contribution in [1.82, 2.24) is 15.0 Å². The molecule has 3 heterocycles. The first kappa shape index (κ1) is 28.1. The zero-order chi connectivity index (χ0) is 32.2. The van der Waals surface area contributed by atoms with Crippen LogP contribution in [0.2, 0.25) is 0 Å². The molecule has 0 fully saturated rings. The molecule has 0 saturated heterocycles. The highest BCUT2D eigenvalue weighted by Gasteiger charge is 2.32. The highest BCUT2D eigenvalue weighted by Crippen LogP contribution is 2.56. The van der Waals surface area contributed by atoms with Crippen LogP contribution in [-0.2, 0) is 0 Å². The number of fused-ring (bicyclic) bond motifs is 6. The lowest BCUT2D eigenvalue weighted by Crippen LogP contribution is -2.19. The van der Waals surface area contributed by atoms with Crippen molar-refractivity contribution < 1.29 is 0 Å². The van der Waals surface area contributed by atoms with Crippen molar-refractivity contribution in [2.45, 2.75) is 0 Å². The third kappa shape index (κ3) is 4.33. The van der Waals surface area contributed by atoms with Gasteiger partial charge in [0.05, 0.1) is 11.4 Å². The average Bonchev–Trinajstić information content (AvgIpc) is 3.54. The van der Waals surface area contributed by atoms with Gasteiger partial charge >= 0.3 is 0 Å². The van der Waals surface area contributed by atoms with Crippen molar-refractivity contribution in [1.29, 1.82) is 0 Å². The smallest absolute Gasteiger partial charge is 0.238 e. The summed E-state index contributed by atoms with van der Waals surface area (Å²) in [6, 6.07) is 44.9. The maximum atomic E-state index is 5.23. The summed E-state index contributed by atoms with van der Waals surface area (Å²) in [6.07, 6.45) is 5.40. The minimum Gasteiger partial charge on any atom is -0.277 e. The van der Waals surface area contributed by atoms with E-state index in [-0.39, 0.29) is 0 Å². The van der Waals surface area contributed by atoms with Crippen LogP contribution in [0.25, 0.3) is 70.2 Å². The number of anilines is 3. The lowest BCUT2D eigenvalue weighted by Gasteiger charge is -2.33. The predicted octanol–water partition coefficient (Wildman–Crippen LogP) is 11.9. The van der Waals surface area contributed by atoms with E-state index in [4.69, 9.17) is 15.0 Å². The number of allylic oxidation sites excluding steroid dienone is 4. The van der Waals surface area contributed by atoms with Gasteiger partial charge < -0.3 is 0 Å². The van der Waals surface area contributed by atoms with Gasteiger partial charge in [0, 0.05) is 42.3 Å². The first-order valence-corrected chi connectivity index (χ1v) is 16.7. The van der Waals surface area contributed by atoms with Gasteiger partial charge in [-0.2, -0.15) is 9.97 Å². The van der Waals surface area contributed by atoms with Gasteiger partial charge in [-0.15, -0.1) is 11.3 Å². The molecule has 1 aliphatic heterocycles. The van der Waals surface area contributed by atoms with E-state index in [1.807, 2.05) is 47.7 Å².